The van der Waals surface area contributed by atoms with Crippen LogP contribution in [0, 0.1) is 0 Å². The van der Waals surface area contributed by atoms with E-state index in [1.807, 2.05) is 0 Å². The van der Waals surface area contributed by atoms with E-state index in [4.69, 9.17) is 9.47 Å². The zero-order valence-corrected chi connectivity index (χ0v) is 39.4. The number of ether oxygens (including phenoxy) is 2. The third-order valence-electron chi connectivity index (χ3n) is 10.00. The number of hydrogen-bond acceptors (Lipinski definition) is 7. The van der Waals surface area contributed by atoms with Crippen molar-refractivity contribution >= 4 is 22.1 Å². The Bertz CT molecular complexity index is 1240. The van der Waals surface area contributed by atoms with E-state index < -0.39 is 32.5 Å². The zero-order chi connectivity index (χ0) is 39.4. The normalized spacial score (nSPS) is 11.7. The number of hydrogen-bond donors (Lipinski definition) is 0. The molecule has 0 amide bonds. The van der Waals surface area contributed by atoms with Gasteiger partial charge in [-0.1, -0.05) is 185 Å². The molecule has 0 aromatic heterocycles. The van der Waals surface area contributed by atoms with Crippen molar-refractivity contribution in [2.45, 2.75) is 211 Å². The molecule has 55 heavy (non-hydrogen) atoms. The molecule has 0 N–H and O–H groups in total. The first-order chi connectivity index (χ1) is 26.3. The van der Waals surface area contributed by atoms with Crippen LogP contribution in [0.3, 0.4) is 0 Å². The number of allylic oxidation sites excluding steroid dienone is 4. The van der Waals surface area contributed by atoms with Crippen LogP contribution in [0.15, 0.2) is 47.4 Å². The van der Waals surface area contributed by atoms with Crippen molar-refractivity contribution < 1.29 is 83.4 Å². The van der Waals surface area contributed by atoms with Gasteiger partial charge in [-0.15, -0.1) is 0 Å². The molecule has 0 aliphatic rings. The maximum Gasteiger partial charge on any atom is 1.00 e. The Morgan fingerprint density at radius 3 is 1.20 bits per heavy atom. The maximum absolute atomic E-state index is 13.0. The largest absolute Gasteiger partial charge is 1.00 e. The molecular formula is C46H77KO7S. The van der Waals surface area contributed by atoms with Gasteiger partial charge in [-0.3, -0.25) is 0 Å². The van der Waals surface area contributed by atoms with E-state index >= 15 is 0 Å². The third-order valence-corrected chi connectivity index (χ3v) is 10.9. The second-order valence-electron chi connectivity index (χ2n) is 15.0. The van der Waals surface area contributed by atoms with Gasteiger partial charge in [-0.05, 0) is 63.5 Å². The fourth-order valence-corrected chi connectivity index (χ4v) is 7.31. The summed E-state index contributed by atoms with van der Waals surface area (Å²) in [6.45, 7) is 4.70. The average Bonchev–Trinajstić information content (AvgIpc) is 3.16. The summed E-state index contributed by atoms with van der Waals surface area (Å²) in [5.41, 5.74) is -0.778. The van der Waals surface area contributed by atoms with E-state index in [1.165, 1.54) is 153 Å². The molecular weight excluding hydrogens is 736 g/mol. The van der Waals surface area contributed by atoms with Crippen LogP contribution in [0.1, 0.15) is 227 Å². The molecule has 9 heteroatoms. The van der Waals surface area contributed by atoms with Crippen LogP contribution in [0.5, 0.6) is 0 Å². The summed E-state index contributed by atoms with van der Waals surface area (Å²) >= 11 is 0. The Morgan fingerprint density at radius 2 is 0.836 bits per heavy atom. The van der Waals surface area contributed by atoms with Gasteiger partial charge in [0.25, 0.3) is 0 Å². The van der Waals surface area contributed by atoms with Crippen molar-refractivity contribution in [2.24, 2.45) is 0 Å². The molecule has 1 aromatic carbocycles. The van der Waals surface area contributed by atoms with Gasteiger partial charge < -0.3 is 14.0 Å². The Hall–Kier alpha value is -0.814. The Kier molecular flexibility index (Phi) is 38.1. The number of esters is 2. The molecule has 0 aliphatic carbocycles. The van der Waals surface area contributed by atoms with E-state index in [2.05, 4.69) is 38.2 Å². The summed E-state index contributed by atoms with van der Waals surface area (Å²) in [6.07, 6.45) is 44.6. The topological polar surface area (TPSA) is 110 Å². The number of rotatable bonds is 37. The smallest absolute Gasteiger partial charge is 0.744 e. The first-order valence-corrected chi connectivity index (χ1v) is 23.5. The second-order valence-corrected chi connectivity index (χ2v) is 16.3. The fourth-order valence-electron chi connectivity index (χ4n) is 6.63. The molecule has 0 unspecified atom stereocenters. The molecule has 0 saturated carbocycles. The minimum absolute atomic E-state index is 0. The van der Waals surface area contributed by atoms with Gasteiger partial charge >= 0.3 is 63.3 Å². The molecule has 1 rings (SSSR count). The number of carbonyl (C=O) groups excluding carboxylic acids is 2. The van der Waals surface area contributed by atoms with Crippen LogP contribution in [-0.2, 0) is 19.6 Å². The first kappa shape index (κ1) is 54.2. The molecule has 0 saturated heterocycles. The zero-order valence-electron chi connectivity index (χ0n) is 35.4. The maximum atomic E-state index is 13.0. The van der Waals surface area contributed by atoms with Gasteiger partial charge in [0, 0.05) is 0 Å². The number of unbranched alkanes of at least 4 members (excludes halogenated alkanes) is 26. The Morgan fingerprint density at radius 1 is 0.509 bits per heavy atom. The van der Waals surface area contributed by atoms with E-state index in [1.54, 1.807) is 0 Å². The Balaban J connectivity index is 0.0000292. The molecule has 0 spiro atoms. The standard InChI is InChI=1S/C46H78O7S.K/c1-3-5-7-9-11-13-15-17-19-21-23-25-27-29-31-33-35-40-52-45(47)42-38-37-39-43(54(49,50)51)44(42)46(48)53-41-36-34-32-30-28-26-24-22-20-18-16-14-12-10-8-6-4-2;/h9-12,37-39H,3-8,13-36,40-41H2,1-2H3,(H,49,50,51);/q;+1/p-1/b11-9+,12-10+;. The molecule has 310 valence electrons. The molecule has 1 aromatic rings. The van der Waals surface area contributed by atoms with Crippen LogP contribution in [-0.4, -0.2) is 38.1 Å². The van der Waals surface area contributed by atoms with Crippen LogP contribution in [0.4, 0.5) is 0 Å². The van der Waals surface area contributed by atoms with Crippen molar-refractivity contribution in [3.05, 3.63) is 53.6 Å². The van der Waals surface area contributed by atoms with E-state index in [0.29, 0.717) is 12.8 Å². The minimum Gasteiger partial charge on any atom is -0.744 e. The van der Waals surface area contributed by atoms with Crippen LogP contribution in [0.2, 0.25) is 0 Å². The predicted molar refractivity (Wildman–Crippen MR) is 223 cm³/mol. The van der Waals surface area contributed by atoms with Gasteiger partial charge in [0.15, 0.2) is 0 Å². The summed E-state index contributed by atoms with van der Waals surface area (Å²) in [4.78, 5) is 25.2. The van der Waals surface area contributed by atoms with Crippen molar-refractivity contribution in [1.29, 1.82) is 0 Å². The monoisotopic (exact) mass is 813 g/mol. The number of carbonyl (C=O) groups is 2. The van der Waals surface area contributed by atoms with E-state index in [-0.39, 0.29) is 70.2 Å². The molecule has 0 fully saturated rings. The quantitative estimate of drug-likeness (QED) is 0.0216. The summed E-state index contributed by atoms with van der Waals surface area (Å²) in [6, 6.07) is 3.63. The van der Waals surface area contributed by atoms with Gasteiger partial charge in [0.1, 0.15) is 10.1 Å². The SMILES string of the molecule is CCCC/C=C/CCCCCCCCCCCCCOC(=O)c1cccc(S(=O)(=O)[O-])c1C(=O)OCCCCCCCCCCCCC/C=C/CCCC.[K+]. The minimum atomic E-state index is -5.01. The molecule has 0 bridgehead atoms. The molecule has 7 nitrogen and oxygen atoms in total. The first-order valence-electron chi connectivity index (χ1n) is 22.1. The van der Waals surface area contributed by atoms with Crippen molar-refractivity contribution in [3.63, 3.8) is 0 Å². The fraction of sp³-hybridized carbons (Fsp3) is 0.739. The van der Waals surface area contributed by atoms with Gasteiger partial charge in [0.05, 0.1) is 29.2 Å². The van der Waals surface area contributed by atoms with Crippen LogP contribution in [0.25, 0.3) is 0 Å². The molecule has 0 atom stereocenters. The van der Waals surface area contributed by atoms with Crippen LogP contribution >= 0.6 is 0 Å². The van der Waals surface area contributed by atoms with Gasteiger partial charge in [-0.2, -0.15) is 0 Å². The van der Waals surface area contributed by atoms with Gasteiger partial charge in [0.2, 0.25) is 0 Å². The molecule has 0 aliphatic heterocycles. The Labute approximate surface area is 380 Å². The predicted octanol–water partition coefficient (Wildman–Crippen LogP) is 10.8. The van der Waals surface area contributed by atoms with Crippen molar-refractivity contribution in [1.82, 2.24) is 0 Å². The third kappa shape index (κ3) is 30.9. The van der Waals surface area contributed by atoms with Gasteiger partial charge in [-0.25, -0.2) is 18.0 Å². The molecule has 0 heterocycles. The van der Waals surface area contributed by atoms with Crippen molar-refractivity contribution in [2.75, 3.05) is 13.2 Å². The average molecular weight is 813 g/mol. The summed E-state index contributed by atoms with van der Waals surface area (Å²) in [5.74, 6) is -1.81. The van der Waals surface area contributed by atoms with Crippen LogP contribution < -0.4 is 51.4 Å². The summed E-state index contributed by atoms with van der Waals surface area (Å²) < 4.78 is 46.7. The summed E-state index contributed by atoms with van der Waals surface area (Å²) in [7, 11) is -5.01. The summed E-state index contributed by atoms with van der Waals surface area (Å²) in [5, 5.41) is 0. The van der Waals surface area contributed by atoms with E-state index in [0.717, 1.165) is 44.6 Å². The number of benzene rings is 1. The van der Waals surface area contributed by atoms with E-state index in [9.17, 15) is 22.6 Å². The van der Waals surface area contributed by atoms with Crippen molar-refractivity contribution in [3.8, 4) is 0 Å². The molecule has 0 radical (unpaired) electrons. The second kappa shape index (κ2) is 38.7.